The Labute approximate surface area is 171 Å². The topological polar surface area (TPSA) is 70.2 Å². The maximum Gasteiger partial charge on any atom is 0.241 e. The summed E-state index contributed by atoms with van der Waals surface area (Å²) < 4.78 is 5.61. The van der Waals surface area contributed by atoms with Crippen LogP contribution < -0.4 is 10.1 Å². The van der Waals surface area contributed by atoms with Crippen LogP contribution >= 0.6 is 0 Å². The van der Waals surface area contributed by atoms with Crippen molar-refractivity contribution >= 4 is 22.6 Å². The van der Waals surface area contributed by atoms with E-state index in [1.807, 2.05) is 56.3 Å². The third-order valence-electron chi connectivity index (χ3n) is 5.70. The van der Waals surface area contributed by atoms with Gasteiger partial charge in [-0.05, 0) is 64.0 Å². The number of likely N-dealkylation sites (tertiary alicyclic amines) is 1. The molecule has 0 spiro atoms. The number of hydrogen-bond donors (Lipinski definition) is 2. The molecular weight excluding hydrogens is 364 g/mol. The van der Waals surface area contributed by atoms with Crippen LogP contribution in [0.25, 0.3) is 11.0 Å². The van der Waals surface area contributed by atoms with Gasteiger partial charge in [0.1, 0.15) is 11.6 Å². The molecule has 0 radical (unpaired) electrons. The first kappa shape index (κ1) is 19.5. The molecule has 1 atom stereocenters. The summed E-state index contributed by atoms with van der Waals surface area (Å²) >= 11 is 0. The summed E-state index contributed by atoms with van der Waals surface area (Å²) in [6, 6.07) is 15.5. The molecule has 0 aliphatic carbocycles. The fourth-order valence-corrected chi connectivity index (χ4v) is 3.98. The molecule has 2 aromatic carbocycles. The van der Waals surface area contributed by atoms with Crippen LogP contribution in [0.15, 0.2) is 48.5 Å². The number of benzene rings is 2. The summed E-state index contributed by atoms with van der Waals surface area (Å²) in [4.78, 5) is 23.3. The predicted octanol–water partition coefficient (Wildman–Crippen LogP) is 4.17. The second kappa shape index (κ2) is 8.66. The molecule has 6 heteroatoms. The number of carbonyl (C=O) groups is 1. The molecule has 0 bridgehead atoms. The number of carbonyl (C=O) groups excluding carboxylic acids is 1. The van der Waals surface area contributed by atoms with Gasteiger partial charge < -0.3 is 15.0 Å². The number of aromatic amines is 1. The van der Waals surface area contributed by atoms with Crippen molar-refractivity contribution in [3.05, 3.63) is 54.4 Å². The smallest absolute Gasteiger partial charge is 0.241 e. The summed E-state index contributed by atoms with van der Waals surface area (Å²) in [5.74, 6) is 2.18. The maximum atomic E-state index is 12.8. The predicted molar refractivity (Wildman–Crippen MR) is 115 cm³/mol. The average Bonchev–Trinajstić information content (AvgIpc) is 3.19. The zero-order chi connectivity index (χ0) is 20.2. The van der Waals surface area contributed by atoms with Crippen LogP contribution in [0.2, 0.25) is 0 Å². The minimum Gasteiger partial charge on any atom is -0.492 e. The van der Waals surface area contributed by atoms with Crippen molar-refractivity contribution < 1.29 is 9.53 Å². The van der Waals surface area contributed by atoms with E-state index in [0.29, 0.717) is 18.3 Å². The van der Waals surface area contributed by atoms with E-state index < -0.39 is 0 Å². The van der Waals surface area contributed by atoms with Crippen LogP contribution in [-0.4, -0.2) is 46.5 Å². The normalized spacial score (nSPS) is 16.6. The van der Waals surface area contributed by atoms with E-state index in [4.69, 9.17) is 9.72 Å². The first-order chi connectivity index (χ1) is 14.2. The minimum absolute atomic E-state index is 0.000611. The first-order valence-electron chi connectivity index (χ1n) is 10.4. The Hall–Kier alpha value is -2.86. The lowest BCUT2D eigenvalue weighted by molar-refractivity contribution is -0.121. The van der Waals surface area contributed by atoms with Crippen molar-refractivity contribution in [2.75, 3.05) is 25.0 Å². The Balaban J connectivity index is 1.36. The standard InChI is InChI=1S/C23H28N4O2/c1-3-29-21-11-7-6-10-20(21)26-23(28)16(2)27-14-12-17(13-15-27)22-24-18-8-4-5-9-19(18)25-22/h4-11,16-17H,3,12-15H2,1-2H3,(H,24,25)(H,26,28). The van der Waals surface area contributed by atoms with Gasteiger partial charge in [-0.3, -0.25) is 9.69 Å². The lowest BCUT2D eigenvalue weighted by atomic mass is 9.95. The van der Waals surface area contributed by atoms with E-state index in [-0.39, 0.29) is 11.9 Å². The number of amides is 1. The number of imidazole rings is 1. The quantitative estimate of drug-likeness (QED) is 0.661. The van der Waals surface area contributed by atoms with Crippen molar-refractivity contribution in [3.8, 4) is 5.75 Å². The first-order valence-corrected chi connectivity index (χ1v) is 10.4. The summed E-state index contributed by atoms with van der Waals surface area (Å²) in [7, 11) is 0. The molecule has 1 aliphatic rings. The molecule has 29 heavy (non-hydrogen) atoms. The highest BCUT2D eigenvalue weighted by atomic mass is 16.5. The molecule has 1 saturated heterocycles. The largest absolute Gasteiger partial charge is 0.492 e. The molecule has 1 amide bonds. The second-order valence-corrected chi connectivity index (χ2v) is 7.54. The molecule has 1 aliphatic heterocycles. The Morgan fingerprint density at radius 3 is 2.69 bits per heavy atom. The van der Waals surface area contributed by atoms with E-state index in [0.717, 1.165) is 48.5 Å². The molecule has 2 N–H and O–H groups in total. The molecular formula is C23H28N4O2. The molecule has 6 nitrogen and oxygen atoms in total. The van der Waals surface area contributed by atoms with E-state index in [2.05, 4.69) is 21.3 Å². The van der Waals surface area contributed by atoms with Gasteiger partial charge in [-0.15, -0.1) is 0 Å². The van der Waals surface area contributed by atoms with Crippen molar-refractivity contribution in [2.45, 2.75) is 38.6 Å². The Bertz CT molecular complexity index is 943. The number of nitrogens with one attached hydrogen (secondary N) is 2. The summed E-state index contributed by atoms with van der Waals surface area (Å²) in [5, 5.41) is 3.03. The minimum atomic E-state index is -0.193. The fraction of sp³-hybridized carbons (Fsp3) is 0.391. The van der Waals surface area contributed by atoms with Gasteiger partial charge in [0.2, 0.25) is 5.91 Å². The third-order valence-corrected chi connectivity index (χ3v) is 5.70. The van der Waals surface area contributed by atoms with E-state index in [9.17, 15) is 4.79 Å². The Morgan fingerprint density at radius 2 is 1.93 bits per heavy atom. The summed E-state index contributed by atoms with van der Waals surface area (Å²) in [5.41, 5.74) is 2.83. The van der Waals surface area contributed by atoms with Crippen LogP contribution in [-0.2, 0) is 4.79 Å². The van der Waals surface area contributed by atoms with E-state index in [1.54, 1.807) is 0 Å². The van der Waals surface area contributed by atoms with Crippen LogP contribution in [0.4, 0.5) is 5.69 Å². The number of rotatable bonds is 6. The zero-order valence-corrected chi connectivity index (χ0v) is 17.0. The summed E-state index contributed by atoms with van der Waals surface area (Å²) in [6.07, 6.45) is 1.99. The number of nitrogens with zero attached hydrogens (tertiary/aromatic N) is 2. The van der Waals surface area contributed by atoms with Crippen LogP contribution in [0.5, 0.6) is 5.75 Å². The van der Waals surface area contributed by atoms with Crippen LogP contribution in [0, 0.1) is 0 Å². The van der Waals surface area contributed by atoms with Gasteiger partial charge in [0.15, 0.2) is 0 Å². The van der Waals surface area contributed by atoms with E-state index >= 15 is 0 Å². The van der Waals surface area contributed by atoms with Crippen molar-refractivity contribution in [2.24, 2.45) is 0 Å². The highest BCUT2D eigenvalue weighted by molar-refractivity contribution is 5.95. The number of aromatic nitrogens is 2. The number of para-hydroxylation sites is 4. The van der Waals surface area contributed by atoms with Gasteiger partial charge in [0.25, 0.3) is 0 Å². The zero-order valence-electron chi connectivity index (χ0n) is 17.0. The third kappa shape index (κ3) is 4.27. The molecule has 1 unspecified atom stereocenters. The molecule has 4 rings (SSSR count). The average molecular weight is 393 g/mol. The number of ether oxygens (including phenoxy) is 1. The number of piperidine rings is 1. The van der Waals surface area contributed by atoms with Crippen molar-refractivity contribution in [3.63, 3.8) is 0 Å². The highest BCUT2D eigenvalue weighted by Gasteiger charge is 2.29. The van der Waals surface area contributed by atoms with Gasteiger partial charge >= 0.3 is 0 Å². The Kier molecular flexibility index (Phi) is 5.81. The molecule has 2 heterocycles. The van der Waals surface area contributed by atoms with Gasteiger partial charge in [0.05, 0.1) is 29.4 Å². The van der Waals surface area contributed by atoms with Gasteiger partial charge in [-0.25, -0.2) is 4.98 Å². The van der Waals surface area contributed by atoms with Gasteiger partial charge in [-0.1, -0.05) is 24.3 Å². The molecule has 1 aromatic heterocycles. The van der Waals surface area contributed by atoms with Crippen LogP contribution in [0.1, 0.15) is 38.4 Å². The number of hydrogen-bond acceptors (Lipinski definition) is 4. The summed E-state index contributed by atoms with van der Waals surface area (Å²) in [6.45, 7) is 6.23. The number of anilines is 1. The molecule has 1 fully saturated rings. The van der Waals surface area contributed by atoms with Crippen molar-refractivity contribution in [1.29, 1.82) is 0 Å². The van der Waals surface area contributed by atoms with Crippen LogP contribution in [0.3, 0.4) is 0 Å². The molecule has 3 aromatic rings. The molecule has 152 valence electrons. The number of H-pyrrole nitrogens is 1. The van der Waals surface area contributed by atoms with E-state index in [1.165, 1.54) is 0 Å². The lowest BCUT2D eigenvalue weighted by Crippen LogP contribution is -2.45. The fourth-order valence-electron chi connectivity index (χ4n) is 3.98. The lowest BCUT2D eigenvalue weighted by Gasteiger charge is -2.34. The monoisotopic (exact) mass is 392 g/mol. The van der Waals surface area contributed by atoms with Gasteiger partial charge in [0, 0.05) is 5.92 Å². The van der Waals surface area contributed by atoms with Crippen molar-refractivity contribution in [1.82, 2.24) is 14.9 Å². The molecule has 0 saturated carbocycles. The SMILES string of the molecule is CCOc1ccccc1NC(=O)C(C)N1CCC(c2nc3ccccc3[nH]2)CC1. The highest BCUT2D eigenvalue weighted by Crippen LogP contribution is 2.29. The Morgan fingerprint density at radius 1 is 1.21 bits per heavy atom. The van der Waals surface area contributed by atoms with Gasteiger partial charge in [-0.2, -0.15) is 0 Å². The maximum absolute atomic E-state index is 12.8. The second-order valence-electron chi connectivity index (χ2n) is 7.54. The number of fused-ring (bicyclic) bond motifs is 1.